The van der Waals surface area contributed by atoms with Crippen molar-refractivity contribution >= 4 is 29.3 Å². The molecule has 0 aliphatic carbocycles. The van der Waals surface area contributed by atoms with E-state index >= 15 is 0 Å². The lowest BCUT2D eigenvalue weighted by molar-refractivity contribution is -0.120. The molecule has 2 N–H and O–H groups in total. The molecule has 6 heteroatoms. The topological polar surface area (TPSA) is 82.0 Å². The number of benzene rings is 2. The number of amides is 2. The molecule has 0 fully saturated rings. The zero-order valence-corrected chi connectivity index (χ0v) is 15.4. The Kier molecular flexibility index (Phi) is 7.72. The number of hydrogen-bond acceptors (Lipinski definition) is 4. The lowest BCUT2D eigenvalue weighted by Gasteiger charge is -2.18. The molecule has 0 aromatic heterocycles. The fourth-order valence-corrected chi connectivity index (χ4v) is 3.33. The molecule has 0 unspecified atom stereocenters. The molecule has 0 bridgehead atoms. The predicted molar refractivity (Wildman–Crippen MR) is 104 cm³/mol. The Balaban J connectivity index is 2.06. The Bertz CT molecular complexity index is 787. The second-order valence-corrected chi connectivity index (χ2v) is 6.81. The SMILES string of the molecule is CC(=O)N[C@@H](CC(=O)Nc1ccccc1SCCC#N)c1ccccc1. The second kappa shape index (κ2) is 10.3. The molecular formula is C20H21N3O2S. The minimum Gasteiger partial charge on any atom is -0.349 e. The molecule has 0 spiro atoms. The second-order valence-electron chi connectivity index (χ2n) is 5.67. The third-order valence-corrected chi connectivity index (χ3v) is 4.68. The molecule has 2 aromatic carbocycles. The first-order valence-corrected chi connectivity index (χ1v) is 9.29. The normalized spacial score (nSPS) is 11.2. The van der Waals surface area contributed by atoms with E-state index in [1.165, 1.54) is 18.7 Å². The van der Waals surface area contributed by atoms with E-state index in [-0.39, 0.29) is 24.3 Å². The molecule has 0 saturated heterocycles. The van der Waals surface area contributed by atoms with Gasteiger partial charge in [-0.05, 0) is 17.7 Å². The predicted octanol–water partition coefficient (Wildman–Crippen LogP) is 3.90. The van der Waals surface area contributed by atoms with E-state index < -0.39 is 0 Å². The molecule has 134 valence electrons. The summed E-state index contributed by atoms with van der Waals surface area (Å²) in [6.45, 7) is 1.44. The number of nitrogens with one attached hydrogen (secondary N) is 2. The van der Waals surface area contributed by atoms with Crippen molar-refractivity contribution in [3.05, 3.63) is 60.2 Å². The van der Waals surface area contributed by atoms with Crippen molar-refractivity contribution in [3.63, 3.8) is 0 Å². The lowest BCUT2D eigenvalue weighted by atomic mass is 10.0. The van der Waals surface area contributed by atoms with Gasteiger partial charge in [-0.3, -0.25) is 9.59 Å². The summed E-state index contributed by atoms with van der Waals surface area (Å²) in [4.78, 5) is 25.0. The Morgan fingerprint density at radius 1 is 1.12 bits per heavy atom. The quantitative estimate of drug-likeness (QED) is 0.548. The number of thioether (sulfide) groups is 1. The van der Waals surface area contributed by atoms with E-state index in [2.05, 4.69) is 16.7 Å². The average molecular weight is 367 g/mol. The summed E-state index contributed by atoms with van der Waals surface area (Å²) < 4.78 is 0. The first-order valence-electron chi connectivity index (χ1n) is 8.31. The number of carbonyl (C=O) groups is 2. The van der Waals surface area contributed by atoms with Crippen LogP contribution >= 0.6 is 11.8 Å². The van der Waals surface area contributed by atoms with Gasteiger partial charge in [-0.15, -0.1) is 11.8 Å². The fourth-order valence-electron chi connectivity index (χ4n) is 2.47. The van der Waals surface area contributed by atoms with Gasteiger partial charge in [0.25, 0.3) is 0 Å². The van der Waals surface area contributed by atoms with Crippen molar-refractivity contribution in [2.24, 2.45) is 0 Å². The highest BCUT2D eigenvalue weighted by Gasteiger charge is 2.17. The maximum Gasteiger partial charge on any atom is 0.226 e. The number of hydrogen-bond donors (Lipinski definition) is 2. The summed E-state index contributed by atoms with van der Waals surface area (Å²) in [5.74, 6) is 0.308. The number of rotatable bonds is 8. The van der Waals surface area contributed by atoms with Gasteiger partial charge in [0.15, 0.2) is 0 Å². The van der Waals surface area contributed by atoms with Crippen LogP contribution in [0, 0.1) is 11.3 Å². The maximum absolute atomic E-state index is 12.5. The zero-order valence-electron chi connectivity index (χ0n) is 14.6. The molecule has 2 aromatic rings. The molecular weight excluding hydrogens is 346 g/mol. The van der Waals surface area contributed by atoms with Crippen LogP contribution in [0.25, 0.3) is 0 Å². The summed E-state index contributed by atoms with van der Waals surface area (Å²) in [7, 11) is 0. The monoisotopic (exact) mass is 367 g/mol. The van der Waals surface area contributed by atoms with Crippen LogP contribution in [0.15, 0.2) is 59.5 Å². The number of nitriles is 1. The highest BCUT2D eigenvalue weighted by Crippen LogP contribution is 2.28. The standard InChI is InChI=1S/C20H21N3O2S/c1-15(24)22-18(16-8-3-2-4-9-16)14-20(25)23-17-10-5-6-11-19(17)26-13-7-12-21/h2-6,8-11,18H,7,13-14H2,1H3,(H,22,24)(H,23,25)/t18-/m0/s1. The summed E-state index contributed by atoms with van der Waals surface area (Å²) >= 11 is 1.53. The first kappa shape index (κ1) is 19.5. The highest BCUT2D eigenvalue weighted by atomic mass is 32.2. The van der Waals surface area contributed by atoms with Crippen molar-refractivity contribution in [3.8, 4) is 6.07 Å². The maximum atomic E-state index is 12.5. The number of anilines is 1. The van der Waals surface area contributed by atoms with Crippen molar-refractivity contribution in [1.82, 2.24) is 5.32 Å². The molecule has 26 heavy (non-hydrogen) atoms. The molecule has 0 heterocycles. The molecule has 2 amide bonds. The van der Waals surface area contributed by atoms with Gasteiger partial charge >= 0.3 is 0 Å². The minimum atomic E-state index is -0.382. The molecule has 0 radical (unpaired) electrons. The molecule has 0 aliphatic rings. The largest absolute Gasteiger partial charge is 0.349 e. The Hall–Kier alpha value is -2.78. The van der Waals surface area contributed by atoms with E-state index in [1.54, 1.807) is 0 Å². The highest BCUT2D eigenvalue weighted by molar-refractivity contribution is 7.99. The Morgan fingerprint density at radius 2 is 1.81 bits per heavy atom. The van der Waals surface area contributed by atoms with Crippen LogP contribution in [0.1, 0.15) is 31.4 Å². The van der Waals surface area contributed by atoms with Crippen LogP contribution in [-0.2, 0) is 9.59 Å². The third-order valence-electron chi connectivity index (χ3n) is 3.60. The Morgan fingerprint density at radius 3 is 2.50 bits per heavy atom. The molecule has 0 aliphatic heterocycles. The Labute approximate surface area is 157 Å². The summed E-state index contributed by atoms with van der Waals surface area (Å²) in [6, 6.07) is 18.7. The first-order chi connectivity index (χ1) is 12.6. The summed E-state index contributed by atoms with van der Waals surface area (Å²) in [6.07, 6.45) is 0.590. The van der Waals surface area contributed by atoms with Crippen LogP contribution in [0.5, 0.6) is 0 Å². The van der Waals surface area contributed by atoms with Crippen molar-refractivity contribution in [2.45, 2.75) is 30.7 Å². The van der Waals surface area contributed by atoms with Crippen LogP contribution in [0.2, 0.25) is 0 Å². The van der Waals surface area contributed by atoms with Gasteiger partial charge in [-0.2, -0.15) is 5.26 Å². The van der Waals surface area contributed by atoms with Crippen LogP contribution in [-0.4, -0.2) is 17.6 Å². The van der Waals surface area contributed by atoms with Gasteiger partial charge in [0.2, 0.25) is 11.8 Å². The third kappa shape index (κ3) is 6.26. The van der Waals surface area contributed by atoms with Crippen LogP contribution < -0.4 is 10.6 Å². The summed E-state index contributed by atoms with van der Waals surface area (Å²) in [5, 5.41) is 14.4. The van der Waals surface area contributed by atoms with E-state index in [1.807, 2.05) is 54.6 Å². The minimum absolute atomic E-state index is 0.140. The molecule has 2 rings (SSSR count). The van der Waals surface area contributed by atoms with Crippen LogP contribution in [0.4, 0.5) is 5.69 Å². The van der Waals surface area contributed by atoms with Crippen molar-refractivity contribution in [1.29, 1.82) is 5.26 Å². The van der Waals surface area contributed by atoms with Crippen LogP contribution in [0.3, 0.4) is 0 Å². The molecule has 0 saturated carbocycles. The zero-order chi connectivity index (χ0) is 18.8. The molecule has 1 atom stereocenters. The van der Waals surface area contributed by atoms with E-state index in [4.69, 9.17) is 5.26 Å². The summed E-state index contributed by atoms with van der Waals surface area (Å²) in [5.41, 5.74) is 1.60. The fraction of sp³-hybridized carbons (Fsp3) is 0.250. The lowest BCUT2D eigenvalue weighted by Crippen LogP contribution is -2.29. The van der Waals surface area contributed by atoms with Gasteiger partial charge in [-0.25, -0.2) is 0 Å². The molecule has 5 nitrogen and oxygen atoms in total. The van der Waals surface area contributed by atoms with E-state index in [9.17, 15) is 9.59 Å². The van der Waals surface area contributed by atoms with Gasteiger partial charge in [0.05, 0.1) is 24.2 Å². The van der Waals surface area contributed by atoms with E-state index in [0.29, 0.717) is 12.2 Å². The smallest absolute Gasteiger partial charge is 0.226 e. The number of carbonyl (C=O) groups excluding carboxylic acids is 2. The number of para-hydroxylation sites is 1. The average Bonchev–Trinajstić information content (AvgIpc) is 2.63. The number of nitrogens with zero attached hydrogens (tertiary/aromatic N) is 1. The van der Waals surface area contributed by atoms with Gasteiger partial charge < -0.3 is 10.6 Å². The van der Waals surface area contributed by atoms with Gasteiger partial charge in [0.1, 0.15) is 0 Å². The van der Waals surface area contributed by atoms with Gasteiger partial charge in [0, 0.05) is 24.0 Å². The van der Waals surface area contributed by atoms with Crippen molar-refractivity contribution in [2.75, 3.05) is 11.1 Å². The van der Waals surface area contributed by atoms with Gasteiger partial charge in [-0.1, -0.05) is 42.5 Å². The van der Waals surface area contributed by atoms with E-state index in [0.717, 1.165) is 16.1 Å². The van der Waals surface area contributed by atoms with Crippen molar-refractivity contribution < 1.29 is 9.59 Å².